The van der Waals surface area contributed by atoms with Crippen LogP contribution in [0.4, 0.5) is 0 Å². The second-order valence-electron chi connectivity index (χ2n) is 3.66. The number of likely N-dealkylation sites (N-methyl/N-ethyl adjacent to an activating group) is 1. The summed E-state index contributed by atoms with van der Waals surface area (Å²) in [6, 6.07) is 2.84. The van der Waals surface area contributed by atoms with Crippen LogP contribution >= 0.6 is 0 Å². The number of carbonyl (C=O) groups is 1. The van der Waals surface area contributed by atoms with Gasteiger partial charge >= 0.3 is 0 Å². The number of pyridine rings is 1. The Kier molecular flexibility index (Phi) is 4.25. The number of rotatable bonds is 4. The highest BCUT2D eigenvalue weighted by atomic mass is 16.5. The first-order chi connectivity index (χ1) is 7.56. The van der Waals surface area contributed by atoms with Gasteiger partial charge in [0.05, 0.1) is 12.6 Å². The molecule has 5 heteroatoms. The van der Waals surface area contributed by atoms with Crippen LogP contribution in [0.3, 0.4) is 0 Å². The van der Waals surface area contributed by atoms with E-state index < -0.39 is 0 Å². The fourth-order valence-electron chi connectivity index (χ4n) is 1.33. The Labute approximate surface area is 94.0 Å². The number of hydrogen-bond acceptors (Lipinski definition) is 3. The normalized spacial score (nSPS) is 12.2. The highest BCUT2D eigenvalue weighted by Crippen LogP contribution is 2.04. The van der Waals surface area contributed by atoms with Gasteiger partial charge in [0.15, 0.2) is 0 Å². The van der Waals surface area contributed by atoms with Crippen LogP contribution in [0.15, 0.2) is 23.1 Å². The quantitative estimate of drug-likeness (QED) is 0.809. The zero-order valence-corrected chi connectivity index (χ0v) is 9.69. The third-order valence-corrected chi connectivity index (χ3v) is 2.41. The van der Waals surface area contributed by atoms with Crippen molar-refractivity contribution in [3.05, 3.63) is 34.2 Å². The monoisotopic (exact) mass is 224 g/mol. The number of aromatic nitrogens is 1. The summed E-state index contributed by atoms with van der Waals surface area (Å²) in [6.45, 7) is 2.35. The predicted molar refractivity (Wildman–Crippen MR) is 60.5 cm³/mol. The van der Waals surface area contributed by atoms with Gasteiger partial charge in [0, 0.05) is 32.0 Å². The van der Waals surface area contributed by atoms with E-state index in [9.17, 15) is 9.59 Å². The molecule has 1 amide bonds. The van der Waals surface area contributed by atoms with Gasteiger partial charge in [0.2, 0.25) is 5.56 Å². The molecule has 0 aromatic carbocycles. The topological polar surface area (TPSA) is 62.4 Å². The lowest BCUT2D eigenvalue weighted by Gasteiger charge is -2.24. The van der Waals surface area contributed by atoms with Crippen molar-refractivity contribution in [1.82, 2.24) is 9.88 Å². The zero-order valence-electron chi connectivity index (χ0n) is 9.69. The minimum atomic E-state index is -0.279. The van der Waals surface area contributed by atoms with Crippen LogP contribution in [0.2, 0.25) is 0 Å². The number of aromatic amines is 1. The Bertz CT molecular complexity index is 414. The van der Waals surface area contributed by atoms with Crippen molar-refractivity contribution in [1.29, 1.82) is 0 Å². The predicted octanol–water partition coefficient (Wildman–Crippen LogP) is 0.482. The number of ether oxygens (including phenoxy) is 1. The van der Waals surface area contributed by atoms with Crippen LogP contribution < -0.4 is 5.56 Å². The Balaban J connectivity index is 2.81. The molecule has 0 radical (unpaired) electrons. The van der Waals surface area contributed by atoms with E-state index in [0.29, 0.717) is 12.2 Å². The summed E-state index contributed by atoms with van der Waals surface area (Å²) in [6.07, 6.45) is 1.46. The van der Waals surface area contributed by atoms with Gasteiger partial charge in [0.1, 0.15) is 0 Å². The van der Waals surface area contributed by atoms with E-state index in [0.717, 1.165) is 0 Å². The van der Waals surface area contributed by atoms with Crippen molar-refractivity contribution in [2.75, 3.05) is 20.8 Å². The molecule has 1 aromatic heterocycles. The van der Waals surface area contributed by atoms with Gasteiger partial charge < -0.3 is 14.6 Å². The average molecular weight is 224 g/mol. The van der Waals surface area contributed by atoms with Crippen molar-refractivity contribution in [3.8, 4) is 0 Å². The lowest BCUT2D eigenvalue weighted by Crippen LogP contribution is -2.38. The second-order valence-corrected chi connectivity index (χ2v) is 3.66. The molecule has 1 unspecified atom stereocenters. The molecular weight excluding hydrogens is 208 g/mol. The third-order valence-electron chi connectivity index (χ3n) is 2.41. The molecule has 16 heavy (non-hydrogen) atoms. The maximum atomic E-state index is 11.9. The van der Waals surface area contributed by atoms with Crippen LogP contribution in [-0.2, 0) is 4.74 Å². The standard InChI is InChI=1S/C11H16N2O3/c1-8(7-16-3)13(2)11(15)9-4-5-12-10(14)6-9/h4-6,8H,7H2,1-3H3,(H,12,14). The molecule has 0 aliphatic carbocycles. The van der Waals surface area contributed by atoms with Gasteiger partial charge in [-0.15, -0.1) is 0 Å². The van der Waals surface area contributed by atoms with Crippen molar-refractivity contribution >= 4 is 5.91 Å². The van der Waals surface area contributed by atoms with E-state index in [1.807, 2.05) is 6.92 Å². The van der Waals surface area contributed by atoms with Crippen molar-refractivity contribution in [2.24, 2.45) is 0 Å². The minimum absolute atomic E-state index is 0.0308. The fourth-order valence-corrected chi connectivity index (χ4v) is 1.33. The molecule has 0 saturated carbocycles. The lowest BCUT2D eigenvalue weighted by molar-refractivity contribution is 0.0633. The smallest absolute Gasteiger partial charge is 0.254 e. The molecule has 0 aliphatic heterocycles. The van der Waals surface area contributed by atoms with Gasteiger partial charge in [-0.25, -0.2) is 0 Å². The van der Waals surface area contributed by atoms with E-state index in [1.165, 1.54) is 12.3 Å². The van der Waals surface area contributed by atoms with Crippen molar-refractivity contribution in [2.45, 2.75) is 13.0 Å². The molecule has 0 fully saturated rings. The van der Waals surface area contributed by atoms with Crippen LogP contribution in [0.1, 0.15) is 17.3 Å². The summed E-state index contributed by atoms with van der Waals surface area (Å²) in [7, 11) is 3.27. The van der Waals surface area contributed by atoms with Crippen LogP contribution in [0.5, 0.6) is 0 Å². The molecule has 1 aromatic rings. The Hall–Kier alpha value is -1.62. The second kappa shape index (κ2) is 5.46. The molecule has 1 N–H and O–H groups in total. The molecule has 0 aliphatic rings. The van der Waals surface area contributed by atoms with Crippen molar-refractivity contribution < 1.29 is 9.53 Å². The van der Waals surface area contributed by atoms with Gasteiger partial charge in [-0.3, -0.25) is 9.59 Å². The molecular formula is C11H16N2O3. The molecule has 1 heterocycles. The third kappa shape index (κ3) is 2.93. The fraction of sp³-hybridized carbons (Fsp3) is 0.455. The first kappa shape index (κ1) is 12.4. The number of hydrogen-bond donors (Lipinski definition) is 1. The first-order valence-corrected chi connectivity index (χ1v) is 5.01. The summed E-state index contributed by atoms with van der Waals surface area (Å²) in [5.74, 6) is -0.185. The van der Waals surface area contributed by atoms with E-state index >= 15 is 0 Å². The molecule has 0 saturated heterocycles. The van der Waals surface area contributed by atoms with E-state index in [1.54, 1.807) is 25.1 Å². The maximum Gasteiger partial charge on any atom is 0.254 e. The first-order valence-electron chi connectivity index (χ1n) is 5.01. The summed E-state index contributed by atoms with van der Waals surface area (Å²) in [4.78, 5) is 27.0. The molecule has 1 atom stereocenters. The average Bonchev–Trinajstić information content (AvgIpc) is 2.27. The number of methoxy groups -OCH3 is 1. The lowest BCUT2D eigenvalue weighted by atomic mass is 10.2. The van der Waals surface area contributed by atoms with Gasteiger partial charge in [0.25, 0.3) is 5.91 Å². The largest absolute Gasteiger partial charge is 0.383 e. The highest BCUT2D eigenvalue weighted by molar-refractivity contribution is 5.94. The van der Waals surface area contributed by atoms with E-state index in [2.05, 4.69) is 4.98 Å². The van der Waals surface area contributed by atoms with Crippen LogP contribution in [-0.4, -0.2) is 42.6 Å². The highest BCUT2D eigenvalue weighted by Gasteiger charge is 2.17. The number of carbonyl (C=O) groups excluding carboxylic acids is 1. The molecule has 5 nitrogen and oxygen atoms in total. The maximum absolute atomic E-state index is 11.9. The van der Waals surface area contributed by atoms with Gasteiger partial charge in [-0.05, 0) is 13.0 Å². The van der Waals surface area contributed by atoms with Crippen LogP contribution in [0.25, 0.3) is 0 Å². The van der Waals surface area contributed by atoms with Crippen molar-refractivity contribution in [3.63, 3.8) is 0 Å². The molecule has 88 valence electrons. The van der Waals surface area contributed by atoms with Gasteiger partial charge in [-0.2, -0.15) is 0 Å². The summed E-state index contributed by atoms with van der Waals surface area (Å²) >= 11 is 0. The SMILES string of the molecule is COCC(C)N(C)C(=O)c1cc[nH]c(=O)c1. The van der Waals surface area contributed by atoms with Crippen LogP contribution in [0, 0.1) is 0 Å². The number of H-pyrrole nitrogens is 1. The number of amides is 1. The Morgan fingerprint density at radius 2 is 2.31 bits per heavy atom. The molecule has 0 spiro atoms. The van der Waals surface area contributed by atoms with E-state index in [-0.39, 0.29) is 17.5 Å². The van der Waals surface area contributed by atoms with Gasteiger partial charge in [-0.1, -0.05) is 0 Å². The minimum Gasteiger partial charge on any atom is -0.383 e. The molecule has 1 rings (SSSR count). The summed E-state index contributed by atoms with van der Waals surface area (Å²) in [5.41, 5.74) is 0.104. The summed E-state index contributed by atoms with van der Waals surface area (Å²) < 4.78 is 4.97. The summed E-state index contributed by atoms with van der Waals surface area (Å²) in [5, 5.41) is 0. The Morgan fingerprint density at radius 1 is 1.62 bits per heavy atom. The number of nitrogens with zero attached hydrogens (tertiary/aromatic N) is 1. The van der Waals surface area contributed by atoms with E-state index in [4.69, 9.17) is 4.74 Å². The Morgan fingerprint density at radius 3 is 2.88 bits per heavy atom. The zero-order chi connectivity index (χ0) is 12.1. The molecule has 0 bridgehead atoms. The number of nitrogens with one attached hydrogen (secondary N) is 1.